The largest absolute Gasteiger partial charge is 0.372 e. The van der Waals surface area contributed by atoms with Crippen LogP contribution in [0.2, 0.25) is 0 Å². The lowest BCUT2D eigenvalue weighted by Gasteiger charge is -2.20. The molecule has 3 N–H and O–H groups in total. The molecule has 1 aromatic rings. The zero-order valence-corrected chi connectivity index (χ0v) is 15.2. The Labute approximate surface area is 154 Å². The van der Waals surface area contributed by atoms with E-state index < -0.39 is 0 Å². The molecule has 1 aliphatic carbocycles. The summed E-state index contributed by atoms with van der Waals surface area (Å²) in [6, 6.07) is 8.04. The van der Waals surface area contributed by atoms with Crippen LogP contribution >= 0.6 is 0 Å². The SMILES string of the molecule is NC(=O)CN1C[C@H](NC(=O)c2ccc(N3CCCC3)cc2)[C@@H](C2CC2)C1. The fraction of sp³-hybridized carbons (Fsp3) is 0.600. The molecule has 2 aliphatic heterocycles. The number of primary amides is 1. The highest BCUT2D eigenvalue weighted by molar-refractivity contribution is 5.94. The summed E-state index contributed by atoms with van der Waals surface area (Å²) >= 11 is 0. The molecule has 0 spiro atoms. The van der Waals surface area contributed by atoms with E-state index in [0.717, 1.165) is 19.6 Å². The summed E-state index contributed by atoms with van der Waals surface area (Å²) in [4.78, 5) is 28.4. The van der Waals surface area contributed by atoms with E-state index in [-0.39, 0.29) is 24.4 Å². The predicted octanol–water partition coefficient (Wildman–Crippen LogP) is 1.21. The van der Waals surface area contributed by atoms with E-state index in [0.29, 0.717) is 23.9 Å². The number of nitrogens with one attached hydrogen (secondary N) is 1. The quantitative estimate of drug-likeness (QED) is 0.803. The maximum Gasteiger partial charge on any atom is 0.251 e. The van der Waals surface area contributed by atoms with Gasteiger partial charge in [-0.1, -0.05) is 0 Å². The van der Waals surface area contributed by atoms with Crippen LogP contribution < -0.4 is 16.0 Å². The Morgan fingerprint density at radius 2 is 1.77 bits per heavy atom. The van der Waals surface area contributed by atoms with Crippen molar-refractivity contribution in [1.29, 1.82) is 0 Å². The third-order valence-electron chi connectivity index (χ3n) is 5.96. The van der Waals surface area contributed by atoms with Gasteiger partial charge >= 0.3 is 0 Å². The standard InChI is InChI=1S/C20H28N4O2/c21-19(25)13-23-11-17(14-3-4-14)18(12-23)22-20(26)15-5-7-16(8-6-15)24-9-1-2-10-24/h5-8,14,17-18H,1-4,9-13H2,(H2,21,25)(H,22,26)/t17-,18+/m1/s1. The van der Waals surface area contributed by atoms with Crippen LogP contribution in [0.15, 0.2) is 24.3 Å². The molecule has 0 unspecified atom stereocenters. The Hall–Kier alpha value is -2.08. The fourth-order valence-corrected chi connectivity index (χ4v) is 4.47. The summed E-state index contributed by atoms with van der Waals surface area (Å²) in [5, 5.41) is 3.21. The lowest BCUT2D eigenvalue weighted by molar-refractivity contribution is -0.118. The molecule has 6 heteroatoms. The van der Waals surface area contributed by atoms with Gasteiger partial charge in [-0.15, -0.1) is 0 Å². The molecule has 2 saturated heterocycles. The number of hydrogen-bond donors (Lipinski definition) is 2. The molecular formula is C20H28N4O2. The number of nitrogens with zero attached hydrogens (tertiary/aromatic N) is 2. The molecule has 1 saturated carbocycles. The molecule has 6 nitrogen and oxygen atoms in total. The van der Waals surface area contributed by atoms with Gasteiger partial charge in [0.2, 0.25) is 5.91 Å². The molecular weight excluding hydrogens is 328 g/mol. The number of benzene rings is 1. The highest BCUT2D eigenvalue weighted by Crippen LogP contribution is 2.41. The van der Waals surface area contributed by atoms with Crippen molar-refractivity contribution in [3.05, 3.63) is 29.8 Å². The van der Waals surface area contributed by atoms with Gasteiger partial charge in [-0.2, -0.15) is 0 Å². The second-order valence-corrected chi connectivity index (χ2v) is 7.98. The average molecular weight is 356 g/mol. The number of hydrogen-bond acceptors (Lipinski definition) is 4. The first-order valence-corrected chi connectivity index (χ1v) is 9.76. The van der Waals surface area contributed by atoms with Crippen LogP contribution in [-0.4, -0.2) is 55.5 Å². The number of carbonyl (C=O) groups excluding carboxylic acids is 2. The molecule has 1 aromatic carbocycles. The average Bonchev–Trinajstić information content (AvgIpc) is 3.16. The van der Waals surface area contributed by atoms with Crippen LogP contribution in [0.3, 0.4) is 0 Å². The van der Waals surface area contributed by atoms with Gasteiger partial charge in [0.1, 0.15) is 0 Å². The lowest BCUT2D eigenvalue weighted by atomic mass is 9.98. The van der Waals surface area contributed by atoms with E-state index in [2.05, 4.69) is 15.1 Å². The highest BCUT2D eigenvalue weighted by Gasteiger charge is 2.43. The van der Waals surface area contributed by atoms with E-state index in [1.165, 1.54) is 31.4 Å². The van der Waals surface area contributed by atoms with Gasteiger partial charge < -0.3 is 16.0 Å². The van der Waals surface area contributed by atoms with Crippen molar-refractivity contribution in [1.82, 2.24) is 10.2 Å². The zero-order valence-electron chi connectivity index (χ0n) is 15.2. The highest BCUT2D eigenvalue weighted by atomic mass is 16.2. The van der Waals surface area contributed by atoms with Gasteiger partial charge in [0.05, 0.1) is 6.54 Å². The van der Waals surface area contributed by atoms with Crippen molar-refractivity contribution < 1.29 is 9.59 Å². The summed E-state index contributed by atoms with van der Waals surface area (Å²) in [5.74, 6) is 0.788. The molecule has 2 atom stereocenters. The number of amides is 2. The van der Waals surface area contributed by atoms with Gasteiger partial charge in [0.15, 0.2) is 0 Å². The van der Waals surface area contributed by atoms with E-state index >= 15 is 0 Å². The number of likely N-dealkylation sites (tertiary alicyclic amines) is 1. The molecule has 2 heterocycles. The van der Waals surface area contributed by atoms with Crippen LogP contribution in [0, 0.1) is 11.8 Å². The van der Waals surface area contributed by atoms with Crippen molar-refractivity contribution in [3.63, 3.8) is 0 Å². The molecule has 140 valence electrons. The van der Waals surface area contributed by atoms with Crippen molar-refractivity contribution in [2.75, 3.05) is 37.6 Å². The zero-order chi connectivity index (χ0) is 18.1. The number of nitrogens with two attached hydrogens (primary N) is 1. The van der Waals surface area contributed by atoms with E-state index in [1.807, 2.05) is 24.3 Å². The van der Waals surface area contributed by atoms with Gasteiger partial charge in [-0.3, -0.25) is 14.5 Å². The summed E-state index contributed by atoms with van der Waals surface area (Å²) in [6.45, 7) is 4.05. The van der Waals surface area contributed by atoms with Gasteiger partial charge in [0, 0.05) is 43.5 Å². The normalized spacial score (nSPS) is 26.2. The van der Waals surface area contributed by atoms with Gasteiger partial charge in [-0.05, 0) is 61.8 Å². The lowest BCUT2D eigenvalue weighted by Crippen LogP contribution is -2.41. The fourth-order valence-electron chi connectivity index (χ4n) is 4.47. The monoisotopic (exact) mass is 356 g/mol. The van der Waals surface area contributed by atoms with E-state index in [4.69, 9.17) is 5.73 Å². The minimum absolute atomic E-state index is 0.0189. The van der Waals surface area contributed by atoms with Crippen molar-refractivity contribution in [2.45, 2.75) is 31.7 Å². The predicted molar refractivity (Wildman–Crippen MR) is 101 cm³/mol. The third-order valence-corrected chi connectivity index (χ3v) is 5.96. The summed E-state index contributed by atoms with van der Waals surface area (Å²) in [6.07, 6.45) is 4.94. The van der Waals surface area contributed by atoms with Crippen LogP contribution in [-0.2, 0) is 4.79 Å². The first kappa shape index (κ1) is 17.3. The number of anilines is 1. The van der Waals surface area contributed by atoms with Crippen LogP contribution in [0.1, 0.15) is 36.0 Å². The van der Waals surface area contributed by atoms with Crippen LogP contribution in [0.5, 0.6) is 0 Å². The molecule has 0 bridgehead atoms. The van der Waals surface area contributed by atoms with Crippen molar-refractivity contribution in [2.24, 2.45) is 17.6 Å². The minimum atomic E-state index is -0.302. The Balaban J connectivity index is 1.39. The number of carbonyl (C=O) groups is 2. The second kappa shape index (κ2) is 7.27. The minimum Gasteiger partial charge on any atom is -0.372 e. The first-order valence-electron chi connectivity index (χ1n) is 9.76. The van der Waals surface area contributed by atoms with Crippen molar-refractivity contribution in [3.8, 4) is 0 Å². The molecule has 0 aromatic heterocycles. The van der Waals surface area contributed by atoms with E-state index in [1.54, 1.807) is 0 Å². The van der Waals surface area contributed by atoms with Gasteiger partial charge in [0.25, 0.3) is 5.91 Å². The molecule has 4 rings (SSSR count). The summed E-state index contributed by atoms with van der Waals surface area (Å²) < 4.78 is 0. The van der Waals surface area contributed by atoms with Crippen LogP contribution in [0.4, 0.5) is 5.69 Å². The topological polar surface area (TPSA) is 78.7 Å². The van der Waals surface area contributed by atoms with Crippen molar-refractivity contribution >= 4 is 17.5 Å². The number of rotatable bonds is 6. The van der Waals surface area contributed by atoms with E-state index in [9.17, 15) is 9.59 Å². The second-order valence-electron chi connectivity index (χ2n) is 7.98. The molecule has 26 heavy (non-hydrogen) atoms. The van der Waals surface area contributed by atoms with Crippen LogP contribution in [0.25, 0.3) is 0 Å². The first-order chi connectivity index (χ1) is 12.6. The summed E-state index contributed by atoms with van der Waals surface area (Å²) in [7, 11) is 0. The molecule has 3 aliphatic rings. The Kier molecular flexibility index (Phi) is 4.85. The molecule has 2 amide bonds. The van der Waals surface area contributed by atoms with Gasteiger partial charge in [-0.25, -0.2) is 0 Å². The maximum atomic E-state index is 12.7. The Bertz CT molecular complexity index is 665. The maximum absolute atomic E-state index is 12.7. The molecule has 3 fully saturated rings. The third kappa shape index (κ3) is 3.85. The Morgan fingerprint density at radius 1 is 1.08 bits per heavy atom. The Morgan fingerprint density at radius 3 is 2.38 bits per heavy atom. The smallest absolute Gasteiger partial charge is 0.251 e. The summed E-state index contributed by atoms with van der Waals surface area (Å²) in [5.41, 5.74) is 7.24. The molecule has 0 radical (unpaired) electrons.